The van der Waals surface area contributed by atoms with Crippen molar-refractivity contribution >= 4 is 28.5 Å². The van der Waals surface area contributed by atoms with Crippen LogP contribution in [0.25, 0.3) is 10.9 Å². The number of carboxylic acids is 1. The van der Waals surface area contributed by atoms with E-state index in [-0.39, 0.29) is 0 Å². The molecular weight excluding hydrogens is 475 g/mol. The second kappa shape index (κ2) is 13.3. The highest BCUT2D eigenvalue weighted by atomic mass is 19.1. The molecule has 1 aliphatic rings. The number of benzene rings is 1. The van der Waals surface area contributed by atoms with Crippen LogP contribution in [0.15, 0.2) is 36.7 Å². The molecule has 2 aromatic heterocycles. The number of anilines is 2. The lowest BCUT2D eigenvalue weighted by molar-refractivity contribution is -0.138. The van der Waals surface area contributed by atoms with Gasteiger partial charge in [0.1, 0.15) is 29.8 Å². The second-order valence-corrected chi connectivity index (χ2v) is 9.34. The van der Waals surface area contributed by atoms with Crippen LogP contribution in [0.5, 0.6) is 0 Å². The Morgan fingerprint density at radius 3 is 2.95 bits per heavy atom. The Kier molecular flexibility index (Phi) is 9.56. The maximum atomic E-state index is 13.6. The number of methoxy groups -OCH3 is 1. The number of nitrogens with one attached hydrogen (secondary N) is 2. The molecule has 3 aromatic rings. The van der Waals surface area contributed by atoms with Crippen molar-refractivity contribution in [1.29, 1.82) is 0 Å². The summed E-state index contributed by atoms with van der Waals surface area (Å²) >= 11 is 0. The van der Waals surface area contributed by atoms with Gasteiger partial charge in [0, 0.05) is 43.9 Å². The van der Waals surface area contributed by atoms with Gasteiger partial charge in [0.2, 0.25) is 0 Å². The monoisotopic (exact) mass is 510 g/mol. The summed E-state index contributed by atoms with van der Waals surface area (Å²) in [5.41, 5.74) is 2.82. The molecule has 0 saturated heterocycles. The number of nitrogens with zero attached hydrogens (tertiary/aromatic N) is 4. The number of fused-ring (bicyclic) bond motifs is 2. The first-order valence-corrected chi connectivity index (χ1v) is 12.9. The Hall–Kier alpha value is -3.37. The number of hydrogen-bond donors (Lipinski definition) is 3. The van der Waals surface area contributed by atoms with Crippen molar-refractivity contribution in [3.05, 3.63) is 53.7 Å². The van der Waals surface area contributed by atoms with Crippen LogP contribution in [0, 0.1) is 5.82 Å². The van der Waals surface area contributed by atoms with E-state index in [1.807, 2.05) is 0 Å². The van der Waals surface area contributed by atoms with Gasteiger partial charge in [-0.1, -0.05) is 6.07 Å². The van der Waals surface area contributed by atoms with E-state index in [1.165, 1.54) is 24.0 Å². The summed E-state index contributed by atoms with van der Waals surface area (Å²) in [6.45, 7) is 3.71. The third-order valence-electron chi connectivity index (χ3n) is 6.66. The first kappa shape index (κ1) is 26.7. The van der Waals surface area contributed by atoms with E-state index >= 15 is 0 Å². The molecule has 0 aliphatic carbocycles. The molecule has 3 N–H and O–H groups in total. The highest BCUT2D eigenvalue weighted by Crippen LogP contribution is 2.22. The van der Waals surface area contributed by atoms with Crippen LogP contribution < -0.4 is 10.6 Å². The Labute approximate surface area is 216 Å². The molecule has 1 aromatic carbocycles. The molecule has 0 fully saturated rings. The van der Waals surface area contributed by atoms with E-state index in [9.17, 15) is 14.3 Å². The van der Waals surface area contributed by atoms with Gasteiger partial charge in [0.05, 0.1) is 12.1 Å². The van der Waals surface area contributed by atoms with Gasteiger partial charge in [-0.05, 0) is 68.8 Å². The van der Waals surface area contributed by atoms with Crippen molar-refractivity contribution in [2.24, 2.45) is 0 Å². The maximum absolute atomic E-state index is 13.6. The van der Waals surface area contributed by atoms with Crippen molar-refractivity contribution in [3.8, 4) is 0 Å². The van der Waals surface area contributed by atoms with E-state index in [1.54, 1.807) is 13.2 Å². The van der Waals surface area contributed by atoms with Gasteiger partial charge in [0.25, 0.3) is 0 Å². The number of halogens is 1. The molecule has 1 aliphatic heterocycles. The van der Waals surface area contributed by atoms with E-state index < -0.39 is 17.8 Å². The average molecular weight is 511 g/mol. The zero-order valence-electron chi connectivity index (χ0n) is 21.3. The van der Waals surface area contributed by atoms with Crippen molar-refractivity contribution in [1.82, 2.24) is 19.9 Å². The van der Waals surface area contributed by atoms with Crippen LogP contribution in [0.3, 0.4) is 0 Å². The fraction of sp³-hybridized carbons (Fsp3) is 0.481. The van der Waals surface area contributed by atoms with Gasteiger partial charge >= 0.3 is 5.97 Å². The summed E-state index contributed by atoms with van der Waals surface area (Å²) in [4.78, 5) is 27.3. The first-order chi connectivity index (χ1) is 18.0. The largest absolute Gasteiger partial charge is 0.480 e. The van der Waals surface area contributed by atoms with Gasteiger partial charge in [-0.2, -0.15) is 0 Å². The van der Waals surface area contributed by atoms with E-state index in [0.29, 0.717) is 36.3 Å². The number of carbonyl (C=O) groups is 1. The molecule has 198 valence electrons. The molecule has 0 amide bonds. The fourth-order valence-electron chi connectivity index (χ4n) is 4.58. The third kappa shape index (κ3) is 7.56. The zero-order chi connectivity index (χ0) is 26.0. The Morgan fingerprint density at radius 2 is 2.11 bits per heavy atom. The molecule has 3 heterocycles. The normalized spacial score (nSPS) is 13.8. The summed E-state index contributed by atoms with van der Waals surface area (Å²) in [5.74, 6) is 0.0413. The number of carboxylic acid groups (broad SMARTS) is 1. The number of aliphatic carboxylic acids is 1. The minimum atomic E-state index is -0.965. The lowest BCUT2D eigenvalue weighted by atomic mass is 10.1. The molecule has 1 atom stereocenters. The summed E-state index contributed by atoms with van der Waals surface area (Å²) < 4.78 is 18.8. The molecular formula is C27H35FN6O3. The lowest BCUT2D eigenvalue weighted by Crippen LogP contribution is -2.37. The number of pyridine rings is 1. The highest BCUT2D eigenvalue weighted by molar-refractivity contribution is 5.90. The minimum absolute atomic E-state index is 0.379. The molecule has 0 bridgehead atoms. The van der Waals surface area contributed by atoms with Crippen LogP contribution in [-0.4, -0.2) is 76.9 Å². The standard InChI is InChI=1S/C27H35FN6O3/c1-37-16-15-34(13-3-2-6-21-9-7-19-5-4-12-29-25(19)32-21)14-11-23(27(35)36)33-26-22-10-8-20(28)17-24(22)30-18-31-26/h7-10,17-18,23H,2-6,11-16H2,1H3,(H,29,32)(H,35,36)(H,30,31,33). The first-order valence-electron chi connectivity index (χ1n) is 12.9. The highest BCUT2D eigenvalue weighted by Gasteiger charge is 2.20. The number of ether oxygens (including phenoxy) is 1. The van der Waals surface area contributed by atoms with Crippen LogP contribution in [0.1, 0.15) is 36.9 Å². The Balaban J connectivity index is 1.30. The molecule has 0 saturated carbocycles. The van der Waals surface area contributed by atoms with Crippen molar-refractivity contribution in [2.75, 3.05) is 50.5 Å². The number of aromatic nitrogens is 3. The Bertz CT molecular complexity index is 1190. The average Bonchev–Trinajstić information content (AvgIpc) is 2.90. The second-order valence-electron chi connectivity index (χ2n) is 9.34. The van der Waals surface area contributed by atoms with Gasteiger partial charge in [-0.3, -0.25) is 0 Å². The van der Waals surface area contributed by atoms with Crippen molar-refractivity contribution in [3.63, 3.8) is 0 Å². The number of aryl methyl sites for hydroxylation is 2. The Morgan fingerprint density at radius 1 is 1.22 bits per heavy atom. The van der Waals surface area contributed by atoms with Crippen LogP contribution in [-0.2, 0) is 22.4 Å². The smallest absolute Gasteiger partial charge is 0.326 e. The summed E-state index contributed by atoms with van der Waals surface area (Å²) in [6, 6.07) is 7.65. The molecule has 1 unspecified atom stereocenters. The minimum Gasteiger partial charge on any atom is -0.480 e. The predicted octanol–water partition coefficient (Wildman–Crippen LogP) is 3.75. The molecule has 0 spiro atoms. The summed E-state index contributed by atoms with van der Waals surface area (Å²) in [5, 5.41) is 16.8. The molecule has 9 nitrogen and oxygen atoms in total. The molecule has 4 rings (SSSR count). The topological polar surface area (TPSA) is 113 Å². The maximum Gasteiger partial charge on any atom is 0.326 e. The number of rotatable bonds is 14. The van der Waals surface area contributed by atoms with E-state index in [4.69, 9.17) is 9.72 Å². The molecule has 0 radical (unpaired) electrons. The van der Waals surface area contributed by atoms with Crippen LogP contribution in [0.2, 0.25) is 0 Å². The quantitative estimate of drug-likeness (QED) is 0.279. The molecule has 10 heteroatoms. The summed E-state index contributed by atoms with van der Waals surface area (Å²) in [6.07, 6.45) is 6.81. The molecule has 37 heavy (non-hydrogen) atoms. The predicted molar refractivity (Wildman–Crippen MR) is 141 cm³/mol. The number of unbranched alkanes of at least 4 members (excludes halogenated alkanes) is 1. The van der Waals surface area contributed by atoms with Crippen LogP contribution >= 0.6 is 0 Å². The van der Waals surface area contributed by atoms with Gasteiger partial charge in [0.15, 0.2) is 0 Å². The van der Waals surface area contributed by atoms with Gasteiger partial charge in [-0.25, -0.2) is 24.1 Å². The van der Waals surface area contributed by atoms with Crippen molar-refractivity contribution < 1.29 is 19.0 Å². The number of hydrogen-bond acceptors (Lipinski definition) is 8. The van der Waals surface area contributed by atoms with Gasteiger partial charge in [-0.15, -0.1) is 0 Å². The van der Waals surface area contributed by atoms with Gasteiger partial charge < -0.3 is 25.4 Å². The summed E-state index contributed by atoms with van der Waals surface area (Å²) in [7, 11) is 1.67. The van der Waals surface area contributed by atoms with Crippen LogP contribution in [0.4, 0.5) is 16.0 Å². The van der Waals surface area contributed by atoms with E-state index in [2.05, 4.69) is 37.6 Å². The lowest BCUT2D eigenvalue weighted by Gasteiger charge is -2.24. The van der Waals surface area contributed by atoms with E-state index in [0.717, 1.165) is 63.3 Å². The van der Waals surface area contributed by atoms with Crippen molar-refractivity contribution in [2.45, 2.75) is 44.6 Å². The SMILES string of the molecule is COCCN(CCCCc1ccc2c(n1)NCCC2)CCC(Nc1ncnc2cc(F)ccc12)C(=O)O. The third-order valence-corrected chi connectivity index (χ3v) is 6.66. The zero-order valence-corrected chi connectivity index (χ0v) is 21.3. The fourth-order valence-corrected chi connectivity index (χ4v) is 4.58.